The van der Waals surface area contributed by atoms with Gasteiger partial charge in [-0.05, 0) is 51.5 Å². The van der Waals surface area contributed by atoms with E-state index < -0.39 is 65.2 Å². The van der Waals surface area contributed by atoms with Crippen molar-refractivity contribution >= 4 is 23.7 Å². The molecule has 4 aliphatic rings. The Morgan fingerprint density at radius 3 is 2.34 bits per heavy atom. The molecular weight excluding hydrogens is 598 g/mol. The second kappa shape index (κ2) is 12.8. The zero-order valence-electron chi connectivity index (χ0n) is 29.0. The highest BCUT2D eigenvalue weighted by molar-refractivity contribution is 5.99. The molecule has 1 aromatic rings. The van der Waals surface area contributed by atoms with Gasteiger partial charge in [-0.1, -0.05) is 75.4 Å². The highest BCUT2D eigenvalue weighted by Gasteiger charge is 2.72. The second-order valence-corrected chi connectivity index (χ2v) is 15.5. The number of likely N-dealkylation sites (N-methyl/N-ethyl adjacent to an activating group) is 1. The molecule has 10 nitrogen and oxygen atoms in total. The van der Waals surface area contributed by atoms with Crippen LogP contribution in [0.3, 0.4) is 0 Å². The standard InChI is InChI=1S/C37H51N3O7/c1-23(21-41)40-31-33(44)39(36(6,7)22-35(3,4)5)20-14-19-37(31)29(32(40)43)28-26(47-37)17-12-13-18-27(42)38(8)24(2)30(46-34(28)45)25-15-10-9-11-16-25/h9-12,14-17,19,23-24,26,28-31,41H,13,18,20-22H2,1-8H3/b17-12-/t23-,24-,26-,28+,29+,30+,31-,37+/m1/s1. The van der Waals surface area contributed by atoms with E-state index in [0.717, 1.165) is 5.56 Å². The summed E-state index contributed by atoms with van der Waals surface area (Å²) in [6.07, 6.45) is 6.91. The third-order valence-electron chi connectivity index (χ3n) is 10.3. The van der Waals surface area contributed by atoms with Crippen molar-refractivity contribution in [2.45, 2.75) is 109 Å². The molecule has 2 fully saturated rings. The summed E-state index contributed by atoms with van der Waals surface area (Å²) in [4.78, 5) is 61.9. The van der Waals surface area contributed by atoms with Gasteiger partial charge in [0.2, 0.25) is 17.7 Å². The van der Waals surface area contributed by atoms with E-state index >= 15 is 0 Å². The van der Waals surface area contributed by atoms with E-state index in [4.69, 9.17) is 9.47 Å². The van der Waals surface area contributed by atoms with Gasteiger partial charge >= 0.3 is 5.97 Å². The summed E-state index contributed by atoms with van der Waals surface area (Å²) in [5.41, 5.74) is -1.39. The summed E-state index contributed by atoms with van der Waals surface area (Å²) in [5.74, 6) is -3.56. The molecule has 1 N–H and O–H groups in total. The molecule has 0 aromatic heterocycles. The third-order valence-corrected chi connectivity index (χ3v) is 10.3. The molecular formula is C37H51N3O7. The van der Waals surface area contributed by atoms with Gasteiger partial charge in [0.1, 0.15) is 23.7 Å². The van der Waals surface area contributed by atoms with E-state index in [1.807, 2.05) is 63.3 Å². The molecule has 0 bridgehead atoms. The molecule has 3 amide bonds. The van der Waals surface area contributed by atoms with Crippen LogP contribution in [-0.4, -0.2) is 99.1 Å². The molecule has 256 valence electrons. The Morgan fingerprint density at radius 1 is 1.02 bits per heavy atom. The Bertz CT molecular complexity index is 1430. The molecule has 2 saturated heterocycles. The van der Waals surface area contributed by atoms with Crippen LogP contribution in [0.25, 0.3) is 0 Å². The molecule has 8 atom stereocenters. The first-order chi connectivity index (χ1) is 22.0. The Hall–Kier alpha value is -3.50. The van der Waals surface area contributed by atoms with E-state index in [1.54, 1.807) is 35.9 Å². The van der Waals surface area contributed by atoms with Crippen LogP contribution in [-0.2, 0) is 28.7 Å². The maximum absolute atomic E-state index is 14.8. The van der Waals surface area contributed by atoms with Crippen molar-refractivity contribution in [2.75, 3.05) is 20.2 Å². The normalized spacial score (nSPS) is 33.3. The molecule has 10 heteroatoms. The first-order valence-corrected chi connectivity index (χ1v) is 16.8. The molecule has 0 radical (unpaired) electrons. The summed E-state index contributed by atoms with van der Waals surface area (Å²) >= 11 is 0. The van der Waals surface area contributed by atoms with Crippen molar-refractivity contribution in [1.82, 2.24) is 14.7 Å². The number of hydrogen-bond acceptors (Lipinski definition) is 7. The van der Waals surface area contributed by atoms with Crippen LogP contribution in [0.1, 0.15) is 79.4 Å². The third kappa shape index (κ3) is 6.26. The quantitative estimate of drug-likeness (QED) is 0.378. The number of allylic oxidation sites excluding steroid dienone is 1. The number of fused-ring (bicyclic) bond motifs is 2. The minimum atomic E-state index is -1.47. The van der Waals surface area contributed by atoms with Gasteiger partial charge in [0.15, 0.2) is 0 Å². The number of hydrogen-bond donors (Lipinski definition) is 1. The van der Waals surface area contributed by atoms with E-state index in [2.05, 4.69) is 20.8 Å². The van der Waals surface area contributed by atoms with Gasteiger partial charge < -0.3 is 29.3 Å². The van der Waals surface area contributed by atoms with Crippen molar-refractivity contribution in [3.05, 3.63) is 60.2 Å². The van der Waals surface area contributed by atoms with Gasteiger partial charge in [-0.15, -0.1) is 0 Å². The van der Waals surface area contributed by atoms with Crippen molar-refractivity contribution < 1.29 is 33.8 Å². The number of aliphatic hydroxyl groups is 1. The van der Waals surface area contributed by atoms with Crippen LogP contribution < -0.4 is 0 Å². The van der Waals surface area contributed by atoms with Crippen LogP contribution in [0.4, 0.5) is 0 Å². The predicted octanol–water partition coefficient (Wildman–Crippen LogP) is 4.04. The predicted molar refractivity (Wildman–Crippen MR) is 177 cm³/mol. The zero-order chi connectivity index (χ0) is 34.5. The number of carbonyl (C=O) groups is 4. The fourth-order valence-electron chi connectivity index (χ4n) is 8.33. The number of rotatable bonds is 5. The average Bonchev–Trinajstić information content (AvgIpc) is 3.40. The van der Waals surface area contributed by atoms with Crippen molar-refractivity contribution in [3.63, 3.8) is 0 Å². The summed E-state index contributed by atoms with van der Waals surface area (Å²) in [6, 6.07) is 6.97. The monoisotopic (exact) mass is 649 g/mol. The highest BCUT2D eigenvalue weighted by Crippen LogP contribution is 2.54. The smallest absolute Gasteiger partial charge is 0.313 e. The SMILES string of the molecule is C[C@@H]1[C@@H](c2ccccc2)OC(=O)[C@@H]2[C@H]3C(=O)N([C@H](C)CO)[C@@H]4C(=O)N(C(C)(C)CC(C)(C)C)CC=C[C@]34O[C@@H]2/C=C\CCC(=O)N1C. The minimum absolute atomic E-state index is 0.0796. The fourth-order valence-corrected chi connectivity index (χ4v) is 8.33. The molecule has 5 rings (SSSR count). The van der Waals surface area contributed by atoms with Crippen LogP contribution in [0, 0.1) is 17.3 Å². The number of aliphatic hydroxyl groups excluding tert-OH is 1. The second-order valence-electron chi connectivity index (χ2n) is 15.5. The van der Waals surface area contributed by atoms with E-state index in [0.29, 0.717) is 19.4 Å². The number of nitrogens with zero attached hydrogens (tertiary/aromatic N) is 3. The molecule has 4 aliphatic heterocycles. The number of carbonyl (C=O) groups excluding carboxylic acids is 4. The maximum Gasteiger partial charge on any atom is 0.313 e. The number of ether oxygens (including phenoxy) is 2. The fraction of sp³-hybridized carbons (Fsp3) is 0.622. The highest BCUT2D eigenvalue weighted by atomic mass is 16.6. The van der Waals surface area contributed by atoms with Crippen molar-refractivity contribution in [3.8, 4) is 0 Å². The molecule has 0 aliphatic carbocycles. The van der Waals surface area contributed by atoms with Crippen molar-refractivity contribution in [1.29, 1.82) is 0 Å². The van der Waals surface area contributed by atoms with Crippen LogP contribution in [0.5, 0.6) is 0 Å². The molecule has 0 unspecified atom stereocenters. The molecule has 47 heavy (non-hydrogen) atoms. The Balaban J connectivity index is 1.62. The lowest BCUT2D eigenvalue weighted by molar-refractivity contribution is -0.164. The number of cyclic esters (lactones) is 1. The first kappa shape index (κ1) is 34.8. The van der Waals surface area contributed by atoms with Gasteiger partial charge in [0.05, 0.1) is 30.7 Å². The van der Waals surface area contributed by atoms with Crippen molar-refractivity contribution in [2.24, 2.45) is 17.3 Å². The van der Waals surface area contributed by atoms with E-state index in [1.165, 1.54) is 4.90 Å². The zero-order valence-corrected chi connectivity index (χ0v) is 29.0. The van der Waals surface area contributed by atoms with Gasteiger partial charge in [-0.3, -0.25) is 19.2 Å². The molecule has 1 spiro atoms. The van der Waals surface area contributed by atoms with Gasteiger partial charge in [-0.25, -0.2) is 0 Å². The number of benzene rings is 1. The lowest BCUT2D eigenvalue weighted by Gasteiger charge is -2.45. The largest absolute Gasteiger partial charge is 0.455 e. The van der Waals surface area contributed by atoms with Crippen LogP contribution in [0.15, 0.2) is 54.6 Å². The summed E-state index contributed by atoms with van der Waals surface area (Å²) in [6.45, 7) is 13.9. The number of likely N-dealkylation sites (tertiary alicyclic amines) is 1. The Kier molecular flexibility index (Phi) is 9.51. The lowest BCUT2D eigenvalue weighted by Crippen LogP contribution is -2.61. The first-order valence-electron chi connectivity index (χ1n) is 16.8. The van der Waals surface area contributed by atoms with Gasteiger partial charge in [-0.2, -0.15) is 0 Å². The molecule has 1 aromatic carbocycles. The van der Waals surface area contributed by atoms with E-state index in [9.17, 15) is 24.3 Å². The summed E-state index contributed by atoms with van der Waals surface area (Å²) in [5, 5.41) is 10.3. The Morgan fingerprint density at radius 2 is 1.70 bits per heavy atom. The average molecular weight is 650 g/mol. The topological polar surface area (TPSA) is 117 Å². The van der Waals surface area contributed by atoms with E-state index in [-0.39, 0.29) is 30.3 Å². The minimum Gasteiger partial charge on any atom is -0.455 e. The van der Waals surface area contributed by atoms with Gasteiger partial charge in [0.25, 0.3) is 0 Å². The summed E-state index contributed by atoms with van der Waals surface area (Å²) < 4.78 is 13.1. The van der Waals surface area contributed by atoms with Crippen LogP contribution in [0.2, 0.25) is 0 Å². The maximum atomic E-state index is 14.8. The summed E-state index contributed by atoms with van der Waals surface area (Å²) in [7, 11) is 1.71. The number of esters is 1. The van der Waals surface area contributed by atoms with Crippen LogP contribution >= 0.6 is 0 Å². The Labute approximate surface area is 278 Å². The molecule has 4 heterocycles. The lowest BCUT2D eigenvalue weighted by atomic mass is 9.77. The number of amides is 3. The molecule has 0 saturated carbocycles. The van der Waals surface area contributed by atoms with Gasteiger partial charge in [0, 0.05) is 25.6 Å².